The van der Waals surface area contributed by atoms with Gasteiger partial charge in [-0.05, 0) is 57.4 Å². The van der Waals surface area contributed by atoms with Crippen LogP contribution < -0.4 is 10.5 Å². The number of hydrogen-bond donors (Lipinski definition) is 1. The number of amides is 1. The Morgan fingerprint density at radius 2 is 1.58 bits per heavy atom. The van der Waals surface area contributed by atoms with Gasteiger partial charge in [-0.15, -0.1) is 0 Å². The summed E-state index contributed by atoms with van der Waals surface area (Å²) in [7, 11) is -1.08. The van der Waals surface area contributed by atoms with Gasteiger partial charge in [0.05, 0.1) is 7.11 Å². The molecular formula is C19H31NO5Si. The summed E-state index contributed by atoms with van der Waals surface area (Å²) in [5.41, 5.74) is 7.03. The maximum absolute atomic E-state index is 11.8. The Morgan fingerprint density at radius 1 is 1.04 bits per heavy atom. The molecule has 146 valence electrons. The Morgan fingerprint density at radius 3 is 2.00 bits per heavy atom. The number of carbonyl (C=O) groups is 1. The molecule has 0 unspecified atom stereocenters. The fourth-order valence-corrected chi connectivity index (χ4v) is 5.28. The molecular weight excluding hydrogens is 350 g/mol. The first-order chi connectivity index (χ1) is 12.5. The van der Waals surface area contributed by atoms with Crippen LogP contribution in [0.2, 0.25) is 6.04 Å². The summed E-state index contributed by atoms with van der Waals surface area (Å²) >= 11 is 0. The van der Waals surface area contributed by atoms with Gasteiger partial charge in [0.2, 0.25) is 5.91 Å². The maximum atomic E-state index is 11.8. The van der Waals surface area contributed by atoms with Gasteiger partial charge in [0.1, 0.15) is 5.75 Å². The maximum Gasteiger partial charge on any atom is 0.500 e. The summed E-state index contributed by atoms with van der Waals surface area (Å²) in [5.74, 6) is 0.348. The van der Waals surface area contributed by atoms with E-state index in [4.69, 9.17) is 23.7 Å². The quantitative estimate of drug-likeness (QED) is 0.418. The van der Waals surface area contributed by atoms with E-state index in [9.17, 15) is 4.79 Å². The van der Waals surface area contributed by atoms with Crippen LogP contribution in [-0.2, 0) is 18.1 Å². The van der Waals surface area contributed by atoms with Crippen molar-refractivity contribution in [3.63, 3.8) is 0 Å². The summed E-state index contributed by atoms with van der Waals surface area (Å²) in [6.45, 7) is 7.40. The van der Waals surface area contributed by atoms with Crippen LogP contribution in [0.5, 0.6) is 5.75 Å². The molecule has 0 aliphatic heterocycles. The van der Waals surface area contributed by atoms with Crippen molar-refractivity contribution >= 4 is 20.8 Å². The van der Waals surface area contributed by atoms with E-state index in [-0.39, 0.29) is 0 Å². The van der Waals surface area contributed by atoms with Crippen molar-refractivity contribution in [1.29, 1.82) is 0 Å². The predicted octanol–water partition coefficient (Wildman–Crippen LogP) is 3.39. The first kappa shape index (κ1) is 22.4. The third-order valence-corrected chi connectivity index (χ3v) is 6.95. The van der Waals surface area contributed by atoms with Crippen LogP contribution in [0.4, 0.5) is 0 Å². The van der Waals surface area contributed by atoms with Crippen LogP contribution >= 0.6 is 0 Å². The van der Waals surface area contributed by atoms with Gasteiger partial charge in [0.25, 0.3) is 0 Å². The van der Waals surface area contributed by atoms with Gasteiger partial charge in [-0.3, -0.25) is 4.79 Å². The topological polar surface area (TPSA) is 80.0 Å². The van der Waals surface area contributed by atoms with Gasteiger partial charge >= 0.3 is 8.80 Å². The van der Waals surface area contributed by atoms with Gasteiger partial charge in [0.15, 0.2) is 0 Å². The molecule has 0 saturated carbocycles. The highest BCUT2D eigenvalue weighted by molar-refractivity contribution is 6.60. The molecule has 7 heteroatoms. The minimum absolute atomic E-state index is 0.419. The molecule has 6 nitrogen and oxygen atoms in total. The summed E-state index contributed by atoms with van der Waals surface area (Å²) in [5, 5.41) is 0. The third-order valence-electron chi connectivity index (χ3n) is 3.80. The lowest BCUT2D eigenvalue weighted by Gasteiger charge is -2.28. The molecule has 0 fully saturated rings. The summed E-state index contributed by atoms with van der Waals surface area (Å²) in [6, 6.07) is 8.13. The first-order valence-electron chi connectivity index (χ1n) is 9.06. The van der Waals surface area contributed by atoms with Crippen LogP contribution in [0.3, 0.4) is 0 Å². The molecule has 1 rings (SSSR count). The average Bonchev–Trinajstić information content (AvgIpc) is 2.62. The Kier molecular flexibility index (Phi) is 10.2. The van der Waals surface area contributed by atoms with Crippen LogP contribution in [0.15, 0.2) is 29.8 Å². The number of ether oxygens (including phenoxy) is 1. The Bertz CT molecular complexity index is 557. The third kappa shape index (κ3) is 7.29. The van der Waals surface area contributed by atoms with Crippen molar-refractivity contribution in [2.45, 2.75) is 39.7 Å². The number of primary amides is 1. The molecule has 0 aromatic heterocycles. The minimum Gasteiger partial charge on any atom is -0.497 e. The standard InChI is InChI=1S/C19H31NO5Si/c1-5-23-26(24-6-2,25-7-3)14-8-9-17(19(20)21)15-16-10-12-18(22-4)13-11-16/h10-13,15H,5-9,14H2,1-4H3,(H2,20,21). The smallest absolute Gasteiger partial charge is 0.497 e. The zero-order chi connectivity index (χ0) is 19.4. The van der Waals surface area contributed by atoms with Gasteiger partial charge in [-0.1, -0.05) is 12.1 Å². The van der Waals surface area contributed by atoms with Gasteiger partial charge in [-0.2, -0.15) is 0 Å². The molecule has 0 radical (unpaired) electrons. The van der Waals surface area contributed by atoms with Gasteiger partial charge in [-0.25, -0.2) is 0 Å². The molecule has 0 spiro atoms. The molecule has 2 N–H and O–H groups in total. The van der Waals surface area contributed by atoms with E-state index in [2.05, 4.69) is 0 Å². The molecule has 0 saturated heterocycles. The van der Waals surface area contributed by atoms with Crippen LogP contribution in [0.1, 0.15) is 39.2 Å². The van der Waals surface area contributed by atoms with Gasteiger partial charge < -0.3 is 23.7 Å². The van der Waals surface area contributed by atoms with Crippen molar-refractivity contribution < 1.29 is 22.8 Å². The number of rotatable bonds is 13. The van der Waals surface area contributed by atoms with E-state index in [1.165, 1.54) is 0 Å². The Labute approximate surface area is 157 Å². The van der Waals surface area contributed by atoms with Gasteiger partial charge in [0, 0.05) is 31.4 Å². The fourth-order valence-electron chi connectivity index (χ4n) is 2.66. The molecule has 1 amide bonds. The van der Waals surface area contributed by atoms with E-state index in [1.807, 2.05) is 51.1 Å². The lowest BCUT2D eigenvalue weighted by molar-refractivity contribution is -0.114. The van der Waals surface area contributed by atoms with Crippen molar-refractivity contribution in [2.24, 2.45) is 5.73 Å². The first-order valence-corrected chi connectivity index (χ1v) is 11.0. The zero-order valence-electron chi connectivity index (χ0n) is 16.2. The SMILES string of the molecule is CCO[Si](CCCC(=Cc1ccc(OC)cc1)C(N)=O)(OCC)OCC. The molecule has 0 heterocycles. The summed E-state index contributed by atoms with van der Waals surface area (Å²) in [6.07, 6.45) is 3.06. The lowest BCUT2D eigenvalue weighted by atomic mass is 10.1. The van der Waals surface area contributed by atoms with Crippen molar-refractivity contribution in [3.05, 3.63) is 35.4 Å². The molecule has 0 aliphatic carbocycles. The van der Waals surface area contributed by atoms with Crippen LogP contribution in [0, 0.1) is 0 Å². The molecule has 1 aromatic carbocycles. The lowest BCUT2D eigenvalue weighted by Crippen LogP contribution is -2.45. The van der Waals surface area contributed by atoms with E-state index in [0.717, 1.165) is 11.3 Å². The van der Waals surface area contributed by atoms with E-state index >= 15 is 0 Å². The van der Waals surface area contributed by atoms with E-state index in [1.54, 1.807) is 7.11 Å². The second-order valence-electron chi connectivity index (χ2n) is 5.64. The van der Waals surface area contributed by atoms with E-state index in [0.29, 0.717) is 44.3 Å². The number of methoxy groups -OCH3 is 1. The van der Waals surface area contributed by atoms with Crippen molar-refractivity contribution in [2.75, 3.05) is 26.9 Å². The van der Waals surface area contributed by atoms with Crippen molar-refractivity contribution in [3.8, 4) is 5.75 Å². The second kappa shape index (κ2) is 11.8. The normalized spacial score (nSPS) is 12.2. The monoisotopic (exact) mass is 381 g/mol. The predicted molar refractivity (Wildman–Crippen MR) is 105 cm³/mol. The number of hydrogen-bond acceptors (Lipinski definition) is 5. The Balaban J connectivity index is 2.80. The number of benzene rings is 1. The molecule has 0 aliphatic rings. The fraction of sp³-hybridized carbons (Fsp3) is 0.526. The average molecular weight is 382 g/mol. The number of carbonyl (C=O) groups excluding carboxylic acids is 1. The summed E-state index contributed by atoms with van der Waals surface area (Å²) in [4.78, 5) is 11.8. The summed E-state index contributed by atoms with van der Waals surface area (Å²) < 4.78 is 22.7. The van der Waals surface area contributed by atoms with Crippen LogP contribution in [0.25, 0.3) is 6.08 Å². The molecule has 0 atom stereocenters. The number of nitrogens with two attached hydrogens (primary N) is 1. The highest BCUT2D eigenvalue weighted by Gasteiger charge is 2.39. The largest absolute Gasteiger partial charge is 0.500 e. The highest BCUT2D eigenvalue weighted by Crippen LogP contribution is 2.22. The van der Waals surface area contributed by atoms with Crippen molar-refractivity contribution in [1.82, 2.24) is 0 Å². The molecule has 26 heavy (non-hydrogen) atoms. The van der Waals surface area contributed by atoms with E-state index < -0.39 is 14.7 Å². The zero-order valence-corrected chi connectivity index (χ0v) is 17.2. The minimum atomic E-state index is -2.70. The highest BCUT2D eigenvalue weighted by atomic mass is 28.4. The molecule has 1 aromatic rings. The Hall–Kier alpha value is -1.67. The molecule has 0 bridgehead atoms. The second-order valence-corrected chi connectivity index (χ2v) is 8.37. The van der Waals surface area contributed by atoms with Crippen LogP contribution in [-0.4, -0.2) is 41.6 Å².